The molecule has 13 heteroatoms. The van der Waals surface area contributed by atoms with E-state index in [-0.39, 0.29) is 16.9 Å². The van der Waals surface area contributed by atoms with Gasteiger partial charge in [0.2, 0.25) is 5.82 Å². The van der Waals surface area contributed by atoms with Crippen molar-refractivity contribution in [2.45, 2.75) is 75.5 Å². The minimum Gasteiger partial charge on any atom is -0.487 e. The summed E-state index contributed by atoms with van der Waals surface area (Å²) in [6.45, 7) is 2.00. The molecule has 4 atom stereocenters. The maximum atomic E-state index is 15.1. The van der Waals surface area contributed by atoms with Gasteiger partial charge in [-0.05, 0) is 50.8 Å². The number of alkyl halides is 3. The van der Waals surface area contributed by atoms with Crippen molar-refractivity contribution in [3.8, 4) is 5.75 Å². The number of hydrogen-bond acceptors (Lipinski definition) is 6. The van der Waals surface area contributed by atoms with Crippen molar-refractivity contribution in [2.24, 2.45) is 11.7 Å². The number of carbonyl (C=O) groups is 2. The van der Waals surface area contributed by atoms with Crippen LogP contribution in [0.5, 0.6) is 5.75 Å². The van der Waals surface area contributed by atoms with E-state index in [4.69, 9.17) is 15.2 Å². The average molecular weight is 558 g/mol. The molecule has 1 saturated carbocycles. The van der Waals surface area contributed by atoms with E-state index in [0.717, 1.165) is 25.1 Å². The van der Waals surface area contributed by atoms with Gasteiger partial charge in [0.05, 0.1) is 12.2 Å². The molecule has 0 bridgehead atoms. The molecule has 1 aliphatic carbocycles. The maximum Gasteiger partial charge on any atom is 0.417 e. The summed E-state index contributed by atoms with van der Waals surface area (Å²) in [4.78, 5) is 28.6. The largest absolute Gasteiger partial charge is 0.487 e. The number of benzene rings is 1. The number of nitrogens with zero attached hydrogens (tertiary/aromatic N) is 1. The Morgan fingerprint density at radius 3 is 2.46 bits per heavy atom. The second-order valence-corrected chi connectivity index (χ2v) is 10.1. The molecular weight excluding hydrogens is 529 g/mol. The minimum absolute atomic E-state index is 0.0157. The van der Waals surface area contributed by atoms with Crippen molar-refractivity contribution in [3.05, 3.63) is 53.4 Å². The zero-order valence-electron chi connectivity index (χ0n) is 21.1. The first-order valence-electron chi connectivity index (χ1n) is 12.4. The number of carbonyl (C=O) groups excluding carboxylic acids is 2. The van der Waals surface area contributed by atoms with E-state index in [2.05, 4.69) is 10.3 Å². The first-order valence-corrected chi connectivity index (χ1v) is 12.4. The van der Waals surface area contributed by atoms with Gasteiger partial charge in [0, 0.05) is 29.3 Å². The Labute approximate surface area is 220 Å². The fraction of sp³-hybridized carbons (Fsp3) is 0.500. The van der Waals surface area contributed by atoms with E-state index in [0.29, 0.717) is 25.7 Å². The summed E-state index contributed by atoms with van der Waals surface area (Å²) in [7, 11) is 0. The van der Waals surface area contributed by atoms with E-state index in [1.54, 1.807) is 0 Å². The third-order valence-corrected chi connectivity index (χ3v) is 7.57. The molecule has 0 unspecified atom stereocenters. The van der Waals surface area contributed by atoms with Crippen LogP contribution in [0.1, 0.15) is 61.5 Å². The standard InChI is InChI=1S/C26H28F5N3O5/c1-12-19(16-7-8-17(27)20(28)21(16)38-15-5-3-14(35)4-6-15)22(39-25(12,2)26(29,30)31)24(37)34-13-9-10-33-18(11-13)23(32)36/h7-12,14-15,19,22,35H,3-6H2,1-2H3,(H2,32,36)(H,33,34,37)/t12-,14-,15+,19-,22+,25+/m0/s1. The third kappa shape index (κ3) is 5.55. The van der Waals surface area contributed by atoms with E-state index in [9.17, 15) is 32.3 Å². The molecule has 1 saturated heterocycles. The van der Waals surface area contributed by atoms with Crippen LogP contribution in [-0.4, -0.2) is 52.0 Å². The lowest BCUT2D eigenvalue weighted by Gasteiger charge is -2.32. The van der Waals surface area contributed by atoms with Crippen LogP contribution in [0.25, 0.3) is 0 Å². The van der Waals surface area contributed by atoms with E-state index >= 15 is 4.39 Å². The van der Waals surface area contributed by atoms with Crippen molar-refractivity contribution < 1.29 is 46.1 Å². The minimum atomic E-state index is -4.92. The van der Waals surface area contributed by atoms with Crippen molar-refractivity contribution >= 4 is 17.5 Å². The topological polar surface area (TPSA) is 124 Å². The van der Waals surface area contributed by atoms with Gasteiger partial charge in [0.1, 0.15) is 11.8 Å². The highest BCUT2D eigenvalue weighted by Crippen LogP contribution is 2.55. The number of pyridine rings is 1. The highest BCUT2D eigenvalue weighted by molar-refractivity contribution is 5.97. The van der Waals surface area contributed by atoms with Crippen molar-refractivity contribution in [1.29, 1.82) is 0 Å². The van der Waals surface area contributed by atoms with E-state index in [1.807, 2.05) is 0 Å². The van der Waals surface area contributed by atoms with Gasteiger partial charge < -0.3 is 25.6 Å². The van der Waals surface area contributed by atoms with E-state index in [1.165, 1.54) is 19.2 Å². The normalized spacial score (nSPS) is 29.2. The summed E-state index contributed by atoms with van der Waals surface area (Å²) in [5, 5.41) is 12.2. The Kier molecular flexibility index (Phi) is 7.86. The monoisotopic (exact) mass is 557 g/mol. The molecule has 2 fully saturated rings. The van der Waals surface area contributed by atoms with Gasteiger partial charge in [-0.3, -0.25) is 14.6 Å². The second-order valence-electron chi connectivity index (χ2n) is 10.1. The van der Waals surface area contributed by atoms with Crippen LogP contribution in [0.3, 0.4) is 0 Å². The number of halogens is 5. The SMILES string of the molecule is C[C@H]1[C@@H](c2ccc(F)c(F)c2O[C@H]2CC[C@@H](O)CC2)[C@H](C(=O)Nc2ccnc(C(N)=O)c2)O[C@@]1(C)C(F)(F)F. The first kappa shape index (κ1) is 28.7. The molecule has 2 aliphatic rings. The molecule has 1 aromatic heterocycles. The summed E-state index contributed by atoms with van der Waals surface area (Å²) in [6.07, 6.45) is -5.38. The third-order valence-electron chi connectivity index (χ3n) is 7.57. The molecular formula is C26H28F5N3O5. The van der Waals surface area contributed by atoms with Gasteiger partial charge in [-0.2, -0.15) is 17.6 Å². The van der Waals surface area contributed by atoms with Crippen molar-refractivity contribution in [2.75, 3.05) is 5.32 Å². The average Bonchev–Trinajstić information content (AvgIpc) is 3.15. The molecule has 8 nitrogen and oxygen atoms in total. The van der Waals surface area contributed by atoms with Gasteiger partial charge in [0.25, 0.3) is 11.8 Å². The molecule has 0 spiro atoms. The van der Waals surface area contributed by atoms with Crippen LogP contribution >= 0.6 is 0 Å². The number of aliphatic hydroxyl groups excluding tert-OH is 1. The highest BCUT2D eigenvalue weighted by Gasteiger charge is 2.66. The molecule has 1 aliphatic heterocycles. The number of aromatic nitrogens is 1. The summed E-state index contributed by atoms with van der Waals surface area (Å²) in [6, 6.07) is 4.29. The predicted molar refractivity (Wildman–Crippen MR) is 128 cm³/mol. The van der Waals surface area contributed by atoms with Crippen LogP contribution in [0.2, 0.25) is 0 Å². The Bertz CT molecular complexity index is 1250. The van der Waals surface area contributed by atoms with E-state index < -0.39 is 71.1 Å². The van der Waals surface area contributed by atoms with Gasteiger partial charge in [-0.1, -0.05) is 13.0 Å². The number of rotatable bonds is 6. The molecule has 4 rings (SSSR count). The number of amides is 2. The summed E-state index contributed by atoms with van der Waals surface area (Å²) in [5.74, 6) is -8.02. The molecule has 39 heavy (non-hydrogen) atoms. The highest BCUT2D eigenvalue weighted by atomic mass is 19.4. The lowest BCUT2D eigenvalue weighted by Crippen LogP contribution is -2.47. The maximum absolute atomic E-state index is 15.1. The first-order chi connectivity index (χ1) is 18.2. The second kappa shape index (κ2) is 10.7. The molecule has 2 aromatic rings. The Hall–Kier alpha value is -3.32. The van der Waals surface area contributed by atoms with Gasteiger partial charge in [-0.25, -0.2) is 4.39 Å². The summed E-state index contributed by atoms with van der Waals surface area (Å²) >= 11 is 0. The number of aliphatic hydroxyl groups is 1. The van der Waals surface area contributed by atoms with Crippen LogP contribution in [0, 0.1) is 17.6 Å². The Morgan fingerprint density at radius 1 is 1.18 bits per heavy atom. The number of hydrogen-bond donors (Lipinski definition) is 3. The van der Waals surface area contributed by atoms with Crippen LogP contribution in [-0.2, 0) is 9.53 Å². The quantitative estimate of drug-likeness (QED) is 0.457. The zero-order valence-corrected chi connectivity index (χ0v) is 21.1. The number of nitrogens with two attached hydrogens (primary N) is 1. The zero-order chi connectivity index (χ0) is 28.7. The van der Waals surface area contributed by atoms with Crippen LogP contribution in [0.4, 0.5) is 27.6 Å². The summed E-state index contributed by atoms with van der Waals surface area (Å²) in [5.41, 5.74) is 2.04. The predicted octanol–water partition coefficient (Wildman–Crippen LogP) is 4.22. The number of nitrogens with one attached hydrogen (secondary N) is 1. The fourth-order valence-electron chi connectivity index (χ4n) is 5.14. The number of primary amides is 1. The number of ether oxygens (including phenoxy) is 2. The van der Waals surface area contributed by atoms with Gasteiger partial charge in [0.15, 0.2) is 17.2 Å². The molecule has 2 amide bonds. The lowest BCUT2D eigenvalue weighted by atomic mass is 9.76. The molecule has 212 valence electrons. The fourth-order valence-corrected chi connectivity index (χ4v) is 5.14. The molecule has 2 heterocycles. The number of anilines is 1. The van der Waals surface area contributed by atoms with Gasteiger partial charge in [-0.15, -0.1) is 0 Å². The van der Waals surface area contributed by atoms with Crippen molar-refractivity contribution in [1.82, 2.24) is 4.98 Å². The van der Waals surface area contributed by atoms with Crippen LogP contribution < -0.4 is 15.8 Å². The molecule has 1 aromatic carbocycles. The Balaban J connectivity index is 1.75. The van der Waals surface area contributed by atoms with Crippen LogP contribution in [0.15, 0.2) is 30.5 Å². The molecule has 4 N–H and O–H groups in total. The lowest BCUT2D eigenvalue weighted by molar-refractivity contribution is -0.272. The van der Waals surface area contributed by atoms with Gasteiger partial charge >= 0.3 is 6.18 Å². The smallest absolute Gasteiger partial charge is 0.417 e. The Morgan fingerprint density at radius 2 is 1.85 bits per heavy atom. The molecule has 0 radical (unpaired) electrons. The van der Waals surface area contributed by atoms with Crippen molar-refractivity contribution in [3.63, 3.8) is 0 Å². The summed E-state index contributed by atoms with van der Waals surface area (Å²) < 4.78 is 83.3.